The normalized spacial score (nSPS) is 21.1. The molecule has 2 aromatic heterocycles. The largest absolute Gasteiger partial charge is 0.357 e. The number of pyridine rings is 1. The highest BCUT2D eigenvalue weighted by Gasteiger charge is 2.57. The van der Waals surface area contributed by atoms with E-state index in [9.17, 15) is 14.0 Å². The van der Waals surface area contributed by atoms with E-state index in [4.69, 9.17) is 11.6 Å². The number of hydrogen-bond donors (Lipinski definition) is 0. The molecule has 3 aromatic rings. The summed E-state index contributed by atoms with van der Waals surface area (Å²) < 4.78 is 29.9. The van der Waals surface area contributed by atoms with Crippen molar-refractivity contribution in [1.82, 2.24) is 24.6 Å². The SMILES string of the molecule is CC1(N2Cc3cc(Cl)ccc3-n3c(nnc3C3CCN(c4cc(C#N)ccn4)CC3)C2)CC(F)(F)C1. The zero-order valence-electron chi connectivity index (χ0n) is 20.0. The Hall–Kier alpha value is -3.09. The Morgan fingerprint density at radius 3 is 2.58 bits per heavy atom. The number of hydrogen-bond acceptors (Lipinski definition) is 6. The molecule has 186 valence electrons. The van der Waals surface area contributed by atoms with Crippen LogP contribution in [0, 0.1) is 11.3 Å². The van der Waals surface area contributed by atoms with E-state index in [0.29, 0.717) is 23.7 Å². The second kappa shape index (κ2) is 8.49. The number of rotatable bonds is 3. The standard InChI is InChI=1S/C26H26ClF2N7/c1-25(15-26(28,29)16-25)35-13-19-11-20(27)2-3-21(19)36-23(14-35)32-33-24(36)18-5-8-34(9-6-18)22-10-17(12-30)4-7-31-22/h2-4,7,10-11,18H,5-6,8-9,13-16H2,1H3. The second-order valence-electron chi connectivity index (χ2n) is 10.4. The van der Waals surface area contributed by atoms with Gasteiger partial charge in [-0.15, -0.1) is 10.2 Å². The van der Waals surface area contributed by atoms with E-state index in [-0.39, 0.29) is 18.8 Å². The summed E-state index contributed by atoms with van der Waals surface area (Å²) in [6, 6.07) is 11.5. The average Bonchev–Trinajstić information content (AvgIpc) is 3.18. The smallest absolute Gasteiger partial charge is 0.251 e. The summed E-state index contributed by atoms with van der Waals surface area (Å²) >= 11 is 6.36. The summed E-state index contributed by atoms with van der Waals surface area (Å²) in [5.41, 5.74) is 1.97. The van der Waals surface area contributed by atoms with Gasteiger partial charge in [0.1, 0.15) is 11.6 Å². The van der Waals surface area contributed by atoms with Gasteiger partial charge in [-0.25, -0.2) is 13.8 Å². The van der Waals surface area contributed by atoms with E-state index in [1.165, 1.54) is 0 Å². The molecule has 0 amide bonds. The number of nitriles is 1. The molecule has 2 fully saturated rings. The van der Waals surface area contributed by atoms with Gasteiger partial charge in [0.15, 0.2) is 5.82 Å². The lowest BCUT2D eigenvalue weighted by atomic mass is 9.73. The average molecular weight is 510 g/mol. The Morgan fingerprint density at radius 1 is 1.08 bits per heavy atom. The molecule has 2 aliphatic heterocycles. The first kappa shape index (κ1) is 23.3. The predicted octanol–water partition coefficient (Wildman–Crippen LogP) is 5.07. The van der Waals surface area contributed by atoms with Gasteiger partial charge in [0.25, 0.3) is 5.92 Å². The summed E-state index contributed by atoms with van der Waals surface area (Å²) in [6.45, 7) is 4.48. The van der Waals surface area contributed by atoms with E-state index in [2.05, 4.69) is 35.6 Å². The fraction of sp³-hybridized carbons (Fsp3) is 0.462. The molecule has 3 aliphatic rings. The van der Waals surface area contributed by atoms with Crippen LogP contribution < -0.4 is 4.90 Å². The van der Waals surface area contributed by atoms with Crippen LogP contribution in [0.25, 0.3) is 5.69 Å². The summed E-state index contributed by atoms with van der Waals surface area (Å²) in [7, 11) is 0. The van der Waals surface area contributed by atoms with Crippen molar-refractivity contribution >= 4 is 17.4 Å². The molecule has 10 heteroatoms. The van der Waals surface area contributed by atoms with Gasteiger partial charge in [0.05, 0.1) is 23.9 Å². The predicted molar refractivity (Wildman–Crippen MR) is 131 cm³/mol. The molecule has 4 heterocycles. The van der Waals surface area contributed by atoms with Crippen molar-refractivity contribution < 1.29 is 8.78 Å². The third-order valence-corrected chi connectivity index (χ3v) is 8.07. The molecule has 7 nitrogen and oxygen atoms in total. The van der Waals surface area contributed by atoms with Crippen molar-refractivity contribution in [2.45, 2.75) is 63.1 Å². The second-order valence-corrected chi connectivity index (χ2v) is 10.9. The summed E-state index contributed by atoms with van der Waals surface area (Å²) in [5.74, 6) is 0.0624. The molecular formula is C26H26ClF2N7. The van der Waals surface area contributed by atoms with Crippen LogP contribution in [0.15, 0.2) is 36.5 Å². The third-order valence-electron chi connectivity index (χ3n) is 7.83. The van der Waals surface area contributed by atoms with E-state index in [0.717, 1.165) is 54.6 Å². The van der Waals surface area contributed by atoms with Crippen molar-refractivity contribution in [3.63, 3.8) is 0 Å². The van der Waals surface area contributed by atoms with Gasteiger partial charge in [-0.2, -0.15) is 5.26 Å². The molecule has 1 aliphatic carbocycles. The molecule has 36 heavy (non-hydrogen) atoms. The van der Waals surface area contributed by atoms with Crippen LogP contribution in [0.5, 0.6) is 0 Å². The molecule has 1 aromatic carbocycles. The molecule has 6 rings (SSSR count). The van der Waals surface area contributed by atoms with Crippen molar-refractivity contribution in [2.24, 2.45) is 0 Å². The highest BCUT2D eigenvalue weighted by atomic mass is 35.5. The monoisotopic (exact) mass is 509 g/mol. The van der Waals surface area contributed by atoms with Crippen LogP contribution in [0.3, 0.4) is 0 Å². The fourth-order valence-electron chi connectivity index (χ4n) is 5.99. The molecule has 0 atom stereocenters. The Morgan fingerprint density at radius 2 is 1.86 bits per heavy atom. The van der Waals surface area contributed by atoms with Crippen molar-refractivity contribution in [1.29, 1.82) is 5.26 Å². The van der Waals surface area contributed by atoms with Crippen LogP contribution >= 0.6 is 11.6 Å². The molecule has 1 saturated carbocycles. The molecule has 0 bridgehead atoms. The van der Waals surface area contributed by atoms with Crippen LogP contribution in [0.1, 0.15) is 61.3 Å². The lowest BCUT2D eigenvalue weighted by molar-refractivity contribution is -0.173. The van der Waals surface area contributed by atoms with Crippen molar-refractivity contribution in [3.8, 4) is 11.8 Å². The van der Waals surface area contributed by atoms with Crippen LogP contribution in [-0.2, 0) is 13.1 Å². The summed E-state index contributed by atoms with van der Waals surface area (Å²) in [4.78, 5) is 8.75. The maximum atomic E-state index is 13.9. The fourth-order valence-corrected chi connectivity index (χ4v) is 6.18. The van der Waals surface area contributed by atoms with E-state index in [1.54, 1.807) is 12.3 Å². The first-order chi connectivity index (χ1) is 17.2. The Labute approximate surface area is 213 Å². The highest BCUT2D eigenvalue weighted by Crippen LogP contribution is 2.50. The molecular weight excluding hydrogens is 484 g/mol. The van der Waals surface area contributed by atoms with Gasteiger partial charge in [-0.1, -0.05) is 11.6 Å². The van der Waals surface area contributed by atoms with Gasteiger partial charge in [-0.3, -0.25) is 9.47 Å². The minimum atomic E-state index is -2.62. The number of fused-ring (bicyclic) bond motifs is 3. The van der Waals surface area contributed by atoms with Gasteiger partial charge in [0.2, 0.25) is 0 Å². The number of aromatic nitrogens is 4. The molecule has 0 unspecified atom stereocenters. The van der Waals surface area contributed by atoms with Gasteiger partial charge in [-0.05, 0) is 55.7 Å². The Bertz CT molecular complexity index is 1350. The van der Waals surface area contributed by atoms with Gasteiger partial charge < -0.3 is 4.90 Å². The topological polar surface area (TPSA) is 73.9 Å². The number of halogens is 3. The number of anilines is 1. The highest BCUT2D eigenvalue weighted by molar-refractivity contribution is 6.30. The van der Waals surface area contributed by atoms with Gasteiger partial charge >= 0.3 is 0 Å². The quantitative estimate of drug-likeness (QED) is 0.490. The lowest BCUT2D eigenvalue weighted by Crippen LogP contribution is -2.59. The van der Waals surface area contributed by atoms with Crippen molar-refractivity contribution in [3.05, 3.63) is 64.3 Å². The molecule has 0 radical (unpaired) electrons. The van der Waals surface area contributed by atoms with E-state index >= 15 is 0 Å². The third kappa shape index (κ3) is 4.02. The lowest BCUT2D eigenvalue weighted by Gasteiger charge is -2.51. The first-order valence-corrected chi connectivity index (χ1v) is 12.6. The zero-order valence-corrected chi connectivity index (χ0v) is 20.7. The van der Waals surface area contributed by atoms with E-state index < -0.39 is 11.5 Å². The maximum Gasteiger partial charge on any atom is 0.251 e. The minimum absolute atomic E-state index is 0.156. The van der Waals surface area contributed by atoms with Gasteiger partial charge in [0, 0.05) is 55.2 Å². The summed E-state index contributed by atoms with van der Waals surface area (Å²) in [6.07, 6.45) is 3.10. The first-order valence-electron chi connectivity index (χ1n) is 12.2. The van der Waals surface area contributed by atoms with Crippen LogP contribution in [0.2, 0.25) is 5.02 Å². The minimum Gasteiger partial charge on any atom is -0.357 e. The van der Waals surface area contributed by atoms with Crippen LogP contribution in [0.4, 0.5) is 14.6 Å². The number of alkyl halides is 2. The van der Waals surface area contributed by atoms with Crippen LogP contribution in [-0.4, -0.2) is 49.2 Å². The number of piperidine rings is 1. The number of benzene rings is 1. The maximum absolute atomic E-state index is 13.9. The Balaban J connectivity index is 1.30. The van der Waals surface area contributed by atoms with E-state index in [1.807, 2.05) is 31.2 Å². The molecule has 0 spiro atoms. The number of nitrogens with zero attached hydrogens (tertiary/aromatic N) is 7. The van der Waals surface area contributed by atoms with Crippen molar-refractivity contribution in [2.75, 3.05) is 18.0 Å². The Kier molecular flexibility index (Phi) is 5.50. The zero-order chi connectivity index (χ0) is 25.1. The summed E-state index contributed by atoms with van der Waals surface area (Å²) in [5, 5.41) is 19.0. The molecule has 0 N–H and O–H groups in total. The molecule has 1 saturated heterocycles.